The van der Waals surface area contributed by atoms with Gasteiger partial charge in [-0.1, -0.05) is 30.3 Å². The average molecular weight is 355 g/mol. The van der Waals surface area contributed by atoms with Crippen LogP contribution in [0.2, 0.25) is 0 Å². The normalized spacial score (nSPS) is 10.6. The zero-order valence-electron chi connectivity index (χ0n) is 14.5. The lowest BCUT2D eigenvalue weighted by Gasteiger charge is -2.18. The predicted octanol–water partition coefficient (Wildman–Crippen LogP) is 2.15. The summed E-state index contributed by atoms with van der Waals surface area (Å²) in [7, 11) is 3.28. The third-order valence-electron chi connectivity index (χ3n) is 3.84. The van der Waals surface area contributed by atoms with E-state index in [-0.39, 0.29) is 24.1 Å². The van der Waals surface area contributed by atoms with Crippen molar-refractivity contribution in [1.82, 2.24) is 25.1 Å². The number of nitrogens with zero attached hydrogens (tertiary/aromatic N) is 5. The van der Waals surface area contributed by atoms with Crippen molar-refractivity contribution < 1.29 is 13.9 Å². The van der Waals surface area contributed by atoms with E-state index in [4.69, 9.17) is 4.74 Å². The van der Waals surface area contributed by atoms with Gasteiger partial charge in [0.05, 0.1) is 7.11 Å². The molecule has 0 N–H and O–H groups in total. The number of aromatic nitrogens is 4. The van der Waals surface area contributed by atoms with Gasteiger partial charge in [-0.2, -0.15) is 4.80 Å². The second kappa shape index (κ2) is 7.73. The minimum absolute atomic E-state index is 0.0615. The average Bonchev–Trinajstić information content (AvgIpc) is 3.10. The molecule has 0 atom stereocenters. The van der Waals surface area contributed by atoms with Crippen LogP contribution in [-0.2, 0) is 17.9 Å². The number of halogens is 1. The maximum atomic E-state index is 13.3. The second-order valence-corrected chi connectivity index (χ2v) is 5.72. The molecule has 1 aromatic heterocycles. The van der Waals surface area contributed by atoms with Crippen LogP contribution < -0.4 is 4.74 Å². The van der Waals surface area contributed by atoms with Gasteiger partial charge in [0.25, 0.3) is 0 Å². The third-order valence-corrected chi connectivity index (χ3v) is 3.84. The highest BCUT2D eigenvalue weighted by Gasteiger charge is 2.15. The highest BCUT2D eigenvalue weighted by molar-refractivity contribution is 5.75. The Kier molecular flexibility index (Phi) is 5.21. The molecule has 0 saturated heterocycles. The fourth-order valence-electron chi connectivity index (χ4n) is 2.47. The van der Waals surface area contributed by atoms with Crippen LogP contribution in [0.5, 0.6) is 5.75 Å². The van der Waals surface area contributed by atoms with E-state index in [0.29, 0.717) is 12.1 Å². The first kappa shape index (κ1) is 17.5. The molecule has 0 aliphatic heterocycles. The molecule has 1 heterocycles. The van der Waals surface area contributed by atoms with Crippen molar-refractivity contribution in [3.8, 4) is 17.1 Å². The summed E-state index contributed by atoms with van der Waals surface area (Å²) < 4.78 is 18.6. The number of methoxy groups -OCH3 is 1. The minimum Gasteiger partial charge on any atom is -0.496 e. The smallest absolute Gasteiger partial charge is 0.246 e. The lowest BCUT2D eigenvalue weighted by Crippen LogP contribution is -2.30. The first-order chi connectivity index (χ1) is 12.6. The maximum absolute atomic E-state index is 13.3. The van der Waals surface area contributed by atoms with Gasteiger partial charge in [-0.15, -0.1) is 10.2 Å². The Morgan fingerprint density at radius 2 is 2.04 bits per heavy atom. The van der Waals surface area contributed by atoms with E-state index < -0.39 is 0 Å². The Bertz CT molecular complexity index is 912. The van der Waals surface area contributed by atoms with Gasteiger partial charge in [-0.25, -0.2) is 4.39 Å². The topological polar surface area (TPSA) is 73.1 Å². The number of para-hydroxylation sites is 1. The summed E-state index contributed by atoms with van der Waals surface area (Å²) in [5.41, 5.74) is 1.41. The molecule has 3 aromatic rings. The van der Waals surface area contributed by atoms with E-state index >= 15 is 0 Å². The van der Waals surface area contributed by atoms with Gasteiger partial charge in [0.1, 0.15) is 18.1 Å². The SMILES string of the molecule is COc1ccccc1CN(C)C(=O)Cn1nnc(-c2cccc(F)c2)n1. The number of ether oxygens (including phenoxy) is 1. The standard InChI is InChI=1S/C18H18FN5O2/c1-23(11-14-6-3-4-9-16(14)26-2)17(25)12-24-21-18(20-22-24)13-7-5-8-15(19)10-13/h3-10H,11-12H2,1-2H3. The molecule has 1 amide bonds. The minimum atomic E-state index is -0.383. The van der Waals surface area contributed by atoms with Crippen molar-refractivity contribution in [3.63, 3.8) is 0 Å². The molecule has 0 saturated carbocycles. The second-order valence-electron chi connectivity index (χ2n) is 5.72. The number of amides is 1. The van der Waals surface area contributed by atoms with Crippen molar-refractivity contribution in [3.05, 3.63) is 59.9 Å². The van der Waals surface area contributed by atoms with Crippen molar-refractivity contribution in [1.29, 1.82) is 0 Å². The molecule has 0 aliphatic rings. The van der Waals surface area contributed by atoms with Gasteiger partial charge in [-0.3, -0.25) is 4.79 Å². The van der Waals surface area contributed by atoms with Crippen LogP contribution in [-0.4, -0.2) is 45.2 Å². The first-order valence-electron chi connectivity index (χ1n) is 7.96. The lowest BCUT2D eigenvalue weighted by molar-refractivity contribution is -0.131. The molecule has 26 heavy (non-hydrogen) atoms. The van der Waals surface area contributed by atoms with Gasteiger partial charge in [0.2, 0.25) is 11.7 Å². The number of tetrazole rings is 1. The molecule has 0 radical (unpaired) electrons. The Morgan fingerprint density at radius 3 is 2.81 bits per heavy atom. The molecule has 134 valence electrons. The Balaban J connectivity index is 1.66. The molecular formula is C18H18FN5O2. The van der Waals surface area contributed by atoms with Crippen LogP contribution in [0.3, 0.4) is 0 Å². The van der Waals surface area contributed by atoms with Crippen LogP contribution in [0.1, 0.15) is 5.56 Å². The van der Waals surface area contributed by atoms with E-state index in [2.05, 4.69) is 15.4 Å². The summed E-state index contributed by atoms with van der Waals surface area (Å²) in [5.74, 6) is 0.426. The molecule has 8 heteroatoms. The number of likely N-dealkylation sites (N-methyl/N-ethyl adjacent to an activating group) is 1. The Hall–Kier alpha value is -3.29. The number of hydrogen-bond acceptors (Lipinski definition) is 5. The highest BCUT2D eigenvalue weighted by atomic mass is 19.1. The van der Waals surface area contributed by atoms with Gasteiger partial charge >= 0.3 is 0 Å². The summed E-state index contributed by atoms with van der Waals surface area (Å²) in [4.78, 5) is 15.2. The monoisotopic (exact) mass is 355 g/mol. The predicted molar refractivity (Wildman–Crippen MR) is 92.7 cm³/mol. The van der Waals surface area contributed by atoms with Gasteiger partial charge in [0.15, 0.2) is 0 Å². The van der Waals surface area contributed by atoms with E-state index in [1.54, 1.807) is 31.2 Å². The zero-order chi connectivity index (χ0) is 18.5. The molecule has 0 bridgehead atoms. The van der Waals surface area contributed by atoms with E-state index in [0.717, 1.165) is 11.3 Å². The largest absolute Gasteiger partial charge is 0.496 e. The van der Waals surface area contributed by atoms with Crippen LogP contribution in [0.25, 0.3) is 11.4 Å². The van der Waals surface area contributed by atoms with Gasteiger partial charge in [-0.05, 0) is 23.4 Å². The zero-order valence-corrected chi connectivity index (χ0v) is 14.5. The molecule has 0 aliphatic carbocycles. The van der Waals surface area contributed by atoms with Crippen molar-refractivity contribution in [2.24, 2.45) is 0 Å². The van der Waals surface area contributed by atoms with Crippen molar-refractivity contribution in [2.45, 2.75) is 13.1 Å². The maximum Gasteiger partial charge on any atom is 0.246 e. The van der Waals surface area contributed by atoms with E-state index in [1.165, 1.54) is 16.9 Å². The van der Waals surface area contributed by atoms with E-state index in [1.807, 2.05) is 24.3 Å². The molecule has 0 unspecified atom stereocenters. The van der Waals surface area contributed by atoms with Crippen LogP contribution in [0.15, 0.2) is 48.5 Å². The van der Waals surface area contributed by atoms with Crippen LogP contribution >= 0.6 is 0 Å². The van der Waals surface area contributed by atoms with Crippen LogP contribution in [0, 0.1) is 5.82 Å². The number of hydrogen-bond donors (Lipinski definition) is 0. The first-order valence-corrected chi connectivity index (χ1v) is 7.96. The molecule has 3 rings (SSSR count). The van der Waals surface area contributed by atoms with Gasteiger partial charge < -0.3 is 9.64 Å². The Morgan fingerprint density at radius 1 is 1.23 bits per heavy atom. The molecule has 0 spiro atoms. The third kappa shape index (κ3) is 4.02. The van der Waals surface area contributed by atoms with Crippen LogP contribution in [0.4, 0.5) is 4.39 Å². The Labute approximate surface area is 150 Å². The van der Waals surface area contributed by atoms with Gasteiger partial charge in [0, 0.05) is 24.7 Å². The highest BCUT2D eigenvalue weighted by Crippen LogP contribution is 2.19. The quantitative estimate of drug-likeness (QED) is 0.677. The molecular weight excluding hydrogens is 337 g/mol. The number of rotatable bonds is 6. The number of carbonyl (C=O) groups excluding carboxylic acids is 1. The van der Waals surface area contributed by atoms with Crippen molar-refractivity contribution in [2.75, 3.05) is 14.2 Å². The summed E-state index contributed by atoms with van der Waals surface area (Å²) >= 11 is 0. The molecule has 0 fully saturated rings. The summed E-state index contributed by atoms with van der Waals surface area (Å²) in [5, 5.41) is 11.9. The van der Waals surface area contributed by atoms with Crippen molar-refractivity contribution >= 4 is 5.91 Å². The molecule has 2 aromatic carbocycles. The lowest BCUT2D eigenvalue weighted by atomic mass is 10.2. The summed E-state index contributed by atoms with van der Waals surface area (Å²) in [6.45, 7) is 0.336. The summed E-state index contributed by atoms with van der Waals surface area (Å²) in [6, 6.07) is 13.4. The molecule has 7 nitrogen and oxygen atoms in total. The number of benzene rings is 2. The number of carbonyl (C=O) groups is 1. The van der Waals surface area contributed by atoms with E-state index in [9.17, 15) is 9.18 Å². The fourth-order valence-corrected chi connectivity index (χ4v) is 2.47. The fraction of sp³-hybridized carbons (Fsp3) is 0.222. The summed E-state index contributed by atoms with van der Waals surface area (Å²) in [6.07, 6.45) is 0.